The van der Waals surface area contributed by atoms with E-state index in [1.165, 1.54) is 0 Å². The van der Waals surface area contributed by atoms with Gasteiger partial charge in [-0.1, -0.05) is 5.16 Å². The fourth-order valence-corrected chi connectivity index (χ4v) is 2.54. The van der Waals surface area contributed by atoms with Crippen LogP contribution in [0.25, 0.3) is 11.5 Å². The summed E-state index contributed by atoms with van der Waals surface area (Å²) >= 11 is 0. The molecule has 0 radical (unpaired) electrons. The number of rotatable bonds is 4. The highest BCUT2D eigenvalue weighted by molar-refractivity contribution is 5.80. The summed E-state index contributed by atoms with van der Waals surface area (Å²) in [7, 11) is 0. The normalized spacial score (nSPS) is 19.0. The zero-order valence-corrected chi connectivity index (χ0v) is 12.3. The van der Waals surface area contributed by atoms with Gasteiger partial charge >= 0.3 is 0 Å². The Kier molecular flexibility index (Phi) is 3.58. The van der Waals surface area contributed by atoms with Crippen molar-refractivity contribution in [2.24, 2.45) is 0 Å². The van der Waals surface area contributed by atoms with E-state index in [9.17, 15) is 4.79 Å². The maximum Gasteiger partial charge on any atom is 0.258 e. The Bertz CT molecular complexity index is 724. The van der Waals surface area contributed by atoms with Gasteiger partial charge in [0.05, 0.1) is 6.54 Å². The Morgan fingerprint density at radius 2 is 2.22 bits per heavy atom. The van der Waals surface area contributed by atoms with Gasteiger partial charge in [-0.25, -0.2) is 0 Å². The Labute approximate surface area is 131 Å². The van der Waals surface area contributed by atoms with Crippen molar-refractivity contribution in [3.8, 4) is 23.0 Å². The molecule has 2 aliphatic rings. The second kappa shape index (κ2) is 5.88. The number of nitrogens with zero attached hydrogens (tertiary/aromatic N) is 2. The van der Waals surface area contributed by atoms with Gasteiger partial charge in [0.1, 0.15) is 6.10 Å². The lowest BCUT2D eigenvalue weighted by Crippen LogP contribution is -2.33. The van der Waals surface area contributed by atoms with Gasteiger partial charge in [-0.05, 0) is 31.0 Å². The van der Waals surface area contributed by atoms with E-state index < -0.39 is 0 Å². The average Bonchev–Trinajstić information content (AvgIpc) is 3.32. The van der Waals surface area contributed by atoms with Gasteiger partial charge in [0.25, 0.3) is 5.89 Å². The highest BCUT2D eigenvalue weighted by Crippen LogP contribution is 2.35. The third-order valence-electron chi connectivity index (χ3n) is 3.73. The summed E-state index contributed by atoms with van der Waals surface area (Å²) in [6, 6.07) is 5.39. The maximum absolute atomic E-state index is 11.9. The van der Waals surface area contributed by atoms with E-state index in [2.05, 4.69) is 15.5 Å². The van der Waals surface area contributed by atoms with E-state index in [4.69, 9.17) is 18.7 Å². The van der Waals surface area contributed by atoms with Crippen molar-refractivity contribution in [1.82, 2.24) is 15.5 Å². The van der Waals surface area contributed by atoms with E-state index in [-0.39, 0.29) is 25.3 Å². The van der Waals surface area contributed by atoms with E-state index in [0.29, 0.717) is 29.8 Å². The molecule has 1 amide bonds. The van der Waals surface area contributed by atoms with Crippen LogP contribution >= 0.6 is 0 Å². The molecule has 0 spiro atoms. The number of carbonyl (C=O) groups excluding carboxylic acids is 1. The third kappa shape index (κ3) is 2.85. The lowest BCUT2D eigenvalue weighted by Gasteiger charge is -2.08. The van der Waals surface area contributed by atoms with Gasteiger partial charge in [0.15, 0.2) is 17.3 Å². The van der Waals surface area contributed by atoms with Gasteiger partial charge in [-0.2, -0.15) is 4.98 Å². The summed E-state index contributed by atoms with van der Waals surface area (Å²) in [5.74, 6) is 1.97. The molecule has 2 aliphatic heterocycles. The Hall–Kier alpha value is -2.61. The molecule has 1 atom stereocenters. The molecule has 2 aromatic rings. The molecule has 0 aliphatic carbocycles. The van der Waals surface area contributed by atoms with Crippen molar-refractivity contribution >= 4 is 5.91 Å². The Balaban J connectivity index is 1.41. The third-order valence-corrected chi connectivity index (χ3v) is 3.73. The molecule has 0 bridgehead atoms. The second-order valence-electron chi connectivity index (χ2n) is 5.30. The van der Waals surface area contributed by atoms with Crippen LogP contribution < -0.4 is 14.8 Å². The number of aromatic nitrogens is 2. The van der Waals surface area contributed by atoms with E-state index in [1.54, 1.807) is 12.1 Å². The van der Waals surface area contributed by atoms with Gasteiger partial charge < -0.3 is 24.1 Å². The largest absolute Gasteiger partial charge is 0.454 e. The first-order valence-corrected chi connectivity index (χ1v) is 7.41. The van der Waals surface area contributed by atoms with Gasteiger partial charge in [-0.3, -0.25) is 4.79 Å². The van der Waals surface area contributed by atoms with Crippen molar-refractivity contribution in [1.29, 1.82) is 0 Å². The van der Waals surface area contributed by atoms with Crippen LogP contribution in [0.4, 0.5) is 0 Å². The Morgan fingerprint density at radius 3 is 3.09 bits per heavy atom. The fourth-order valence-electron chi connectivity index (χ4n) is 2.54. The molecule has 120 valence electrons. The van der Waals surface area contributed by atoms with Crippen LogP contribution in [-0.2, 0) is 16.1 Å². The number of nitrogens with one attached hydrogen (secondary N) is 1. The quantitative estimate of drug-likeness (QED) is 0.907. The summed E-state index contributed by atoms with van der Waals surface area (Å²) in [5, 5.41) is 6.62. The standard InChI is InChI=1S/C15H15N3O5/c19-14(11-2-1-5-20-11)16-7-13-17-15(23-18-13)9-3-4-10-12(6-9)22-8-21-10/h3-4,6,11H,1-2,5,7-8H2,(H,16,19)/t11-/m0/s1. The van der Waals surface area contributed by atoms with Crippen molar-refractivity contribution in [2.45, 2.75) is 25.5 Å². The van der Waals surface area contributed by atoms with Gasteiger partial charge in [0, 0.05) is 12.2 Å². The number of amides is 1. The molecule has 1 N–H and O–H groups in total. The molecule has 1 fully saturated rings. The molecule has 3 heterocycles. The first kappa shape index (κ1) is 14.0. The minimum atomic E-state index is -0.366. The maximum atomic E-state index is 11.9. The Morgan fingerprint density at radius 1 is 1.30 bits per heavy atom. The molecule has 0 saturated carbocycles. The fraction of sp³-hybridized carbons (Fsp3) is 0.400. The zero-order valence-electron chi connectivity index (χ0n) is 12.3. The number of ether oxygens (including phenoxy) is 3. The highest BCUT2D eigenvalue weighted by atomic mass is 16.7. The van der Waals surface area contributed by atoms with E-state index >= 15 is 0 Å². The summed E-state index contributed by atoms with van der Waals surface area (Å²) in [6.07, 6.45) is 1.30. The van der Waals surface area contributed by atoms with Crippen molar-refractivity contribution < 1.29 is 23.5 Å². The molecule has 1 aromatic heterocycles. The van der Waals surface area contributed by atoms with Crippen LogP contribution in [0.1, 0.15) is 18.7 Å². The van der Waals surface area contributed by atoms with E-state index in [0.717, 1.165) is 18.4 Å². The molecular formula is C15H15N3O5. The lowest BCUT2D eigenvalue weighted by atomic mass is 10.2. The second-order valence-corrected chi connectivity index (χ2v) is 5.30. The molecule has 1 aromatic carbocycles. The van der Waals surface area contributed by atoms with Crippen LogP contribution in [-0.4, -0.2) is 35.6 Å². The monoisotopic (exact) mass is 317 g/mol. The summed E-state index contributed by atoms with van der Waals surface area (Å²) in [4.78, 5) is 16.1. The van der Waals surface area contributed by atoms with Crippen LogP contribution in [0.15, 0.2) is 22.7 Å². The average molecular weight is 317 g/mol. The summed E-state index contributed by atoms with van der Waals surface area (Å²) in [6.45, 7) is 1.05. The van der Waals surface area contributed by atoms with E-state index in [1.807, 2.05) is 6.07 Å². The van der Waals surface area contributed by atoms with Crippen LogP contribution in [0.5, 0.6) is 11.5 Å². The molecule has 23 heavy (non-hydrogen) atoms. The number of hydrogen-bond donors (Lipinski definition) is 1. The first-order valence-electron chi connectivity index (χ1n) is 7.41. The zero-order chi connectivity index (χ0) is 15.6. The summed E-state index contributed by atoms with van der Waals surface area (Å²) in [5.41, 5.74) is 0.735. The van der Waals surface area contributed by atoms with Crippen LogP contribution in [0.2, 0.25) is 0 Å². The molecule has 8 heteroatoms. The van der Waals surface area contributed by atoms with Crippen molar-refractivity contribution in [3.05, 3.63) is 24.0 Å². The van der Waals surface area contributed by atoms with Crippen LogP contribution in [0, 0.1) is 0 Å². The molecule has 8 nitrogen and oxygen atoms in total. The predicted molar refractivity (Wildman–Crippen MR) is 76.7 cm³/mol. The van der Waals surface area contributed by atoms with Crippen LogP contribution in [0.3, 0.4) is 0 Å². The first-order chi connectivity index (χ1) is 11.3. The minimum Gasteiger partial charge on any atom is -0.454 e. The lowest BCUT2D eigenvalue weighted by molar-refractivity contribution is -0.130. The molecule has 1 saturated heterocycles. The smallest absolute Gasteiger partial charge is 0.258 e. The molecule has 0 unspecified atom stereocenters. The van der Waals surface area contributed by atoms with Gasteiger partial charge in [-0.15, -0.1) is 0 Å². The van der Waals surface area contributed by atoms with Crippen molar-refractivity contribution in [2.75, 3.05) is 13.4 Å². The number of benzene rings is 1. The number of hydrogen-bond acceptors (Lipinski definition) is 7. The highest BCUT2D eigenvalue weighted by Gasteiger charge is 2.23. The topological polar surface area (TPSA) is 95.7 Å². The number of fused-ring (bicyclic) bond motifs is 1. The molecule has 4 rings (SSSR count). The molecular weight excluding hydrogens is 302 g/mol. The number of carbonyl (C=O) groups is 1. The van der Waals surface area contributed by atoms with Gasteiger partial charge in [0.2, 0.25) is 12.7 Å². The minimum absolute atomic E-state index is 0.142. The SMILES string of the molecule is O=C(NCc1noc(-c2ccc3c(c2)OCO3)n1)[C@@H]1CCCO1. The van der Waals surface area contributed by atoms with Crippen molar-refractivity contribution in [3.63, 3.8) is 0 Å². The predicted octanol–water partition coefficient (Wildman–Crippen LogP) is 1.26. The summed E-state index contributed by atoms with van der Waals surface area (Å²) < 4.78 is 21.1.